The normalized spacial score (nSPS) is 10.9. The Bertz CT molecular complexity index is 966. The van der Waals surface area contributed by atoms with Crippen molar-refractivity contribution in [3.63, 3.8) is 0 Å². The van der Waals surface area contributed by atoms with Crippen molar-refractivity contribution in [2.45, 2.75) is 65.2 Å². The van der Waals surface area contributed by atoms with Gasteiger partial charge in [-0.25, -0.2) is 0 Å². The van der Waals surface area contributed by atoms with E-state index in [1.807, 2.05) is 49.4 Å². The van der Waals surface area contributed by atoms with Gasteiger partial charge in [0.05, 0.1) is 26.4 Å². The molecule has 0 aliphatic carbocycles. The summed E-state index contributed by atoms with van der Waals surface area (Å²) in [6.07, 6.45) is 9.87. The second-order valence-electron chi connectivity index (χ2n) is 8.59. The van der Waals surface area contributed by atoms with Gasteiger partial charge in [0.2, 0.25) is 0 Å². The topological polar surface area (TPSA) is 91.3 Å². The highest BCUT2D eigenvalue weighted by Crippen LogP contribution is 2.24. The van der Waals surface area contributed by atoms with E-state index in [1.165, 1.54) is 0 Å². The fraction of sp³-hybridized carbons (Fsp3) is 0.467. The van der Waals surface area contributed by atoms with Gasteiger partial charge in [-0.15, -0.1) is 0 Å². The molecule has 2 aromatic rings. The summed E-state index contributed by atoms with van der Waals surface area (Å²) in [6.45, 7) is 5.58. The summed E-state index contributed by atoms with van der Waals surface area (Å²) >= 11 is 0. The molecule has 0 amide bonds. The van der Waals surface area contributed by atoms with Gasteiger partial charge in [0.1, 0.15) is 17.2 Å². The molecule has 0 aliphatic heterocycles. The quantitative estimate of drug-likeness (QED) is 0.137. The van der Waals surface area contributed by atoms with E-state index in [0.717, 1.165) is 55.4 Å². The Morgan fingerprint density at radius 2 is 1.22 bits per heavy atom. The van der Waals surface area contributed by atoms with E-state index < -0.39 is 0 Å². The summed E-state index contributed by atoms with van der Waals surface area (Å²) < 4.78 is 21.4. The van der Waals surface area contributed by atoms with Gasteiger partial charge in [-0.2, -0.15) is 0 Å². The van der Waals surface area contributed by atoms with Gasteiger partial charge in [0.25, 0.3) is 0 Å². The van der Waals surface area contributed by atoms with Crippen molar-refractivity contribution < 1.29 is 33.6 Å². The van der Waals surface area contributed by atoms with Crippen molar-refractivity contribution in [3.05, 3.63) is 53.6 Å². The van der Waals surface area contributed by atoms with Crippen molar-refractivity contribution in [1.82, 2.24) is 0 Å². The molecule has 0 unspecified atom stereocenters. The number of aromatic hydroxyl groups is 1. The van der Waals surface area contributed by atoms with Crippen LogP contribution in [-0.4, -0.2) is 43.5 Å². The largest absolute Gasteiger partial charge is 0.508 e. The molecule has 0 aliphatic rings. The van der Waals surface area contributed by atoms with Crippen molar-refractivity contribution in [2.24, 2.45) is 0 Å². The summed E-state index contributed by atoms with van der Waals surface area (Å²) in [5.41, 5.74) is 1.84. The van der Waals surface area contributed by atoms with E-state index >= 15 is 0 Å². The Kier molecular flexibility index (Phi) is 14.4. The van der Waals surface area contributed by atoms with Gasteiger partial charge in [-0.3, -0.25) is 9.59 Å². The predicted molar refractivity (Wildman–Crippen MR) is 145 cm³/mol. The smallest absolute Gasteiger partial charge is 0.305 e. The van der Waals surface area contributed by atoms with Crippen LogP contribution < -0.4 is 9.47 Å². The number of hydrogen-bond acceptors (Lipinski definition) is 7. The molecule has 0 heterocycles. The monoisotopic (exact) mass is 512 g/mol. The van der Waals surface area contributed by atoms with Crippen LogP contribution in [0.25, 0.3) is 12.2 Å². The van der Waals surface area contributed by atoms with Crippen molar-refractivity contribution >= 4 is 24.1 Å². The number of esters is 2. The first-order valence-corrected chi connectivity index (χ1v) is 13.2. The minimum absolute atomic E-state index is 0.138. The van der Waals surface area contributed by atoms with Gasteiger partial charge in [0, 0.05) is 18.9 Å². The summed E-state index contributed by atoms with van der Waals surface area (Å²) in [5, 5.41) is 10.1. The molecule has 0 spiro atoms. The van der Waals surface area contributed by atoms with E-state index in [1.54, 1.807) is 19.1 Å². The third-order valence-corrected chi connectivity index (χ3v) is 5.46. The van der Waals surface area contributed by atoms with Crippen LogP contribution >= 0.6 is 0 Å². The zero-order valence-corrected chi connectivity index (χ0v) is 22.1. The van der Waals surface area contributed by atoms with Crippen LogP contribution in [-0.2, 0) is 19.1 Å². The Labute approximate surface area is 220 Å². The molecule has 7 heteroatoms. The Balaban J connectivity index is 1.71. The number of phenols is 1. The Morgan fingerprint density at radius 1 is 0.676 bits per heavy atom. The summed E-state index contributed by atoms with van der Waals surface area (Å²) in [4.78, 5) is 22.7. The molecule has 0 saturated carbocycles. The van der Waals surface area contributed by atoms with Gasteiger partial charge >= 0.3 is 11.9 Å². The van der Waals surface area contributed by atoms with Crippen molar-refractivity contribution in [2.75, 3.05) is 26.4 Å². The van der Waals surface area contributed by atoms with E-state index in [9.17, 15) is 14.7 Å². The first-order valence-electron chi connectivity index (χ1n) is 13.2. The molecule has 2 rings (SSSR count). The van der Waals surface area contributed by atoms with Crippen LogP contribution in [0.3, 0.4) is 0 Å². The van der Waals surface area contributed by atoms with E-state index in [2.05, 4.69) is 0 Å². The van der Waals surface area contributed by atoms with Gasteiger partial charge < -0.3 is 24.1 Å². The molecule has 37 heavy (non-hydrogen) atoms. The molecular formula is C30H40O7. The lowest BCUT2D eigenvalue weighted by Crippen LogP contribution is -2.04. The third kappa shape index (κ3) is 13.4. The van der Waals surface area contributed by atoms with Crippen LogP contribution in [0.5, 0.6) is 17.2 Å². The maximum atomic E-state index is 11.4. The predicted octanol–water partition coefficient (Wildman–Crippen LogP) is 6.57. The highest BCUT2D eigenvalue weighted by Gasteiger charge is 2.03. The number of ether oxygens (including phenoxy) is 4. The number of phenolic OH excluding ortho intramolecular Hbond substituents is 1. The average molecular weight is 513 g/mol. The Morgan fingerprint density at radius 3 is 1.78 bits per heavy atom. The standard InChI is InChI=1S/C30H40O7/c1-3-34-29(32)11-7-5-9-19-36-27-17-15-24(16-18-27)13-14-25-21-26(31)23-28(22-25)37-20-10-6-8-12-30(33)35-4-2/h13-18,21-23,31H,3-12,19-20H2,1-2H3/b14-13+. The number of carbonyl (C=O) groups is 2. The molecule has 0 radical (unpaired) electrons. The molecule has 0 fully saturated rings. The summed E-state index contributed by atoms with van der Waals surface area (Å²) in [7, 11) is 0. The van der Waals surface area contributed by atoms with Crippen LogP contribution in [0.1, 0.15) is 76.3 Å². The minimum atomic E-state index is -0.158. The van der Waals surface area contributed by atoms with E-state index in [0.29, 0.717) is 45.0 Å². The molecule has 0 atom stereocenters. The number of unbranched alkanes of at least 4 members (excludes halogenated alkanes) is 4. The first-order chi connectivity index (χ1) is 18.0. The van der Waals surface area contributed by atoms with Gasteiger partial charge in [-0.05, 0) is 87.8 Å². The second kappa shape index (κ2) is 17.9. The molecule has 7 nitrogen and oxygen atoms in total. The van der Waals surface area contributed by atoms with Crippen LogP contribution in [0.4, 0.5) is 0 Å². The van der Waals surface area contributed by atoms with Crippen LogP contribution in [0, 0.1) is 0 Å². The fourth-order valence-corrected chi connectivity index (χ4v) is 3.60. The summed E-state index contributed by atoms with van der Waals surface area (Å²) in [5.74, 6) is 1.26. The highest BCUT2D eigenvalue weighted by molar-refractivity contribution is 5.71. The fourth-order valence-electron chi connectivity index (χ4n) is 3.60. The maximum absolute atomic E-state index is 11.4. The van der Waals surface area contributed by atoms with Crippen LogP contribution in [0.15, 0.2) is 42.5 Å². The Hall–Kier alpha value is -3.48. The highest BCUT2D eigenvalue weighted by atomic mass is 16.5. The minimum Gasteiger partial charge on any atom is -0.508 e. The van der Waals surface area contributed by atoms with E-state index in [-0.39, 0.29) is 17.7 Å². The molecule has 0 bridgehead atoms. The number of hydrogen-bond donors (Lipinski definition) is 1. The molecule has 0 aromatic heterocycles. The summed E-state index contributed by atoms with van der Waals surface area (Å²) in [6, 6.07) is 13.0. The molecule has 2 aromatic carbocycles. The number of benzene rings is 2. The zero-order chi connectivity index (χ0) is 26.7. The average Bonchev–Trinajstić information content (AvgIpc) is 2.87. The molecule has 202 valence electrons. The molecule has 1 N–H and O–H groups in total. The lowest BCUT2D eigenvalue weighted by Gasteiger charge is -2.08. The van der Waals surface area contributed by atoms with Crippen LogP contribution in [0.2, 0.25) is 0 Å². The zero-order valence-electron chi connectivity index (χ0n) is 22.1. The van der Waals surface area contributed by atoms with Crippen molar-refractivity contribution in [1.29, 1.82) is 0 Å². The van der Waals surface area contributed by atoms with Gasteiger partial charge in [-0.1, -0.05) is 24.3 Å². The number of carbonyl (C=O) groups excluding carboxylic acids is 2. The van der Waals surface area contributed by atoms with Gasteiger partial charge in [0.15, 0.2) is 0 Å². The third-order valence-electron chi connectivity index (χ3n) is 5.46. The van der Waals surface area contributed by atoms with Crippen molar-refractivity contribution in [3.8, 4) is 17.2 Å². The second-order valence-corrected chi connectivity index (χ2v) is 8.59. The molecule has 0 saturated heterocycles. The lowest BCUT2D eigenvalue weighted by atomic mass is 10.1. The maximum Gasteiger partial charge on any atom is 0.305 e. The SMILES string of the molecule is CCOC(=O)CCCCCOc1ccc(/C=C/c2cc(O)cc(OCCCCCC(=O)OCC)c2)cc1. The lowest BCUT2D eigenvalue weighted by molar-refractivity contribution is -0.144. The molecular weight excluding hydrogens is 472 g/mol. The van der Waals surface area contributed by atoms with E-state index in [4.69, 9.17) is 18.9 Å². The number of rotatable bonds is 18. The first kappa shape index (κ1) is 29.7.